The molecule has 0 spiro atoms. The second-order valence-electron chi connectivity index (χ2n) is 5.16. The molecular formula is C16H24N2O2S. The number of carbonyl (C=O) groups excluding carboxylic acids is 1. The molecule has 1 aromatic carbocycles. The molecule has 116 valence electrons. The Bertz CT molecular complexity index is 481. The molecule has 1 aliphatic heterocycles. The van der Waals surface area contributed by atoms with Gasteiger partial charge >= 0.3 is 0 Å². The summed E-state index contributed by atoms with van der Waals surface area (Å²) in [5.74, 6) is 3.19. The average molecular weight is 308 g/mol. The van der Waals surface area contributed by atoms with Gasteiger partial charge in [-0.25, -0.2) is 0 Å². The fraction of sp³-hybridized carbons (Fsp3) is 0.562. The van der Waals surface area contributed by atoms with Gasteiger partial charge in [0.2, 0.25) is 5.91 Å². The lowest BCUT2D eigenvalue weighted by Gasteiger charge is -2.31. The number of benzene rings is 1. The molecule has 5 heteroatoms. The van der Waals surface area contributed by atoms with E-state index in [-0.39, 0.29) is 18.1 Å². The molecule has 2 unspecified atom stereocenters. The zero-order valence-electron chi connectivity index (χ0n) is 13.0. The summed E-state index contributed by atoms with van der Waals surface area (Å²) in [5.41, 5.74) is 1.03. The van der Waals surface area contributed by atoms with Gasteiger partial charge in [0, 0.05) is 11.6 Å². The van der Waals surface area contributed by atoms with Crippen LogP contribution in [0.25, 0.3) is 0 Å². The second-order valence-corrected chi connectivity index (χ2v) is 6.55. The lowest BCUT2D eigenvalue weighted by molar-refractivity contribution is -0.130. The molecule has 1 fully saturated rings. The molecule has 2 atom stereocenters. The van der Waals surface area contributed by atoms with Crippen LogP contribution in [0.15, 0.2) is 24.3 Å². The summed E-state index contributed by atoms with van der Waals surface area (Å²) in [5, 5.41) is 3.31. The van der Waals surface area contributed by atoms with Crippen molar-refractivity contribution in [1.82, 2.24) is 10.2 Å². The standard InChI is InChI=1S/C16H24N2O2S/c1-4-21-10-9-12(2)18-15(19)11-17-16(18)13-7-5-6-8-14(13)20-3/h5-8,12,16-17H,4,9-11H2,1-3H3. The highest BCUT2D eigenvalue weighted by Gasteiger charge is 2.36. The Morgan fingerprint density at radius 3 is 2.95 bits per heavy atom. The van der Waals surface area contributed by atoms with Crippen molar-refractivity contribution in [3.8, 4) is 5.75 Å². The maximum Gasteiger partial charge on any atom is 0.238 e. The van der Waals surface area contributed by atoms with Crippen LogP contribution in [0.1, 0.15) is 32.0 Å². The minimum atomic E-state index is -0.0877. The first-order valence-corrected chi connectivity index (χ1v) is 8.59. The van der Waals surface area contributed by atoms with Gasteiger partial charge in [-0.3, -0.25) is 10.1 Å². The number of thioether (sulfide) groups is 1. The zero-order valence-corrected chi connectivity index (χ0v) is 13.8. The van der Waals surface area contributed by atoms with Gasteiger partial charge in [-0.05, 0) is 30.9 Å². The van der Waals surface area contributed by atoms with Crippen molar-refractivity contribution in [2.75, 3.05) is 25.2 Å². The molecule has 1 amide bonds. The van der Waals surface area contributed by atoms with Crippen LogP contribution in [0.5, 0.6) is 5.75 Å². The van der Waals surface area contributed by atoms with Gasteiger partial charge in [-0.15, -0.1) is 0 Å². The number of nitrogens with one attached hydrogen (secondary N) is 1. The number of carbonyl (C=O) groups is 1. The molecule has 0 aromatic heterocycles. The van der Waals surface area contributed by atoms with Crippen molar-refractivity contribution in [3.05, 3.63) is 29.8 Å². The lowest BCUT2D eigenvalue weighted by atomic mass is 10.1. The monoisotopic (exact) mass is 308 g/mol. The first-order chi connectivity index (χ1) is 10.2. The molecule has 1 heterocycles. The Morgan fingerprint density at radius 2 is 2.24 bits per heavy atom. The van der Waals surface area contributed by atoms with Crippen LogP contribution in [0.2, 0.25) is 0 Å². The van der Waals surface area contributed by atoms with Crippen molar-refractivity contribution in [2.24, 2.45) is 0 Å². The Hall–Kier alpha value is -1.20. The van der Waals surface area contributed by atoms with Crippen molar-refractivity contribution in [1.29, 1.82) is 0 Å². The van der Waals surface area contributed by atoms with E-state index >= 15 is 0 Å². The van der Waals surface area contributed by atoms with Gasteiger partial charge in [0.15, 0.2) is 0 Å². The minimum Gasteiger partial charge on any atom is -0.496 e. The van der Waals surface area contributed by atoms with E-state index in [1.807, 2.05) is 40.9 Å². The van der Waals surface area contributed by atoms with E-state index in [0.29, 0.717) is 6.54 Å². The molecule has 1 aliphatic rings. The number of hydrogen-bond donors (Lipinski definition) is 1. The minimum absolute atomic E-state index is 0.0877. The Morgan fingerprint density at radius 1 is 1.48 bits per heavy atom. The first-order valence-electron chi connectivity index (χ1n) is 7.44. The lowest BCUT2D eigenvalue weighted by Crippen LogP contribution is -2.38. The number of amides is 1. The molecule has 4 nitrogen and oxygen atoms in total. The highest BCUT2D eigenvalue weighted by Crippen LogP contribution is 2.32. The summed E-state index contributed by atoms with van der Waals surface area (Å²) >= 11 is 1.92. The van der Waals surface area contributed by atoms with E-state index < -0.39 is 0 Å². The number of nitrogens with zero attached hydrogens (tertiary/aromatic N) is 1. The molecule has 21 heavy (non-hydrogen) atoms. The van der Waals surface area contributed by atoms with Crippen molar-refractivity contribution in [3.63, 3.8) is 0 Å². The van der Waals surface area contributed by atoms with Crippen LogP contribution in [0.3, 0.4) is 0 Å². The summed E-state index contributed by atoms with van der Waals surface area (Å²) < 4.78 is 5.44. The second kappa shape index (κ2) is 7.71. The molecule has 2 rings (SSSR count). The van der Waals surface area contributed by atoms with Gasteiger partial charge in [-0.2, -0.15) is 11.8 Å². The van der Waals surface area contributed by atoms with E-state index in [2.05, 4.69) is 19.2 Å². The Balaban J connectivity index is 2.16. The highest BCUT2D eigenvalue weighted by atomic mass is 32.2. The smallest absolute Gasteiger partial charge is 0.238 e. The number of para-hydroxylation sites is 1. The predicted molar refractivity (Wildman–Crippen MR) is 87.7 cm³/mol. The predicted octanol–water partition coefficient (Wildman–Crippen LogP) is 2.66. The Kier molecular flexibility index (Phi) is 5.94. The molecule has 1 aromatic rings. The summed E-state index contributed by atoms with van der Waals surface area (Å²) in [6.07, 6.45) is 0.924. The quantitative estimate of drug-likeness (QED) is 0.786. The fourth-order valence-corrected chi connectivity index (χ4v) is 3.50. The highest BCUT2D eigenvalue weighted by molar-refractivity contribution is 7.99. The molecular weight excluding hydrogens is 284 g/mol. The van der Waals surface area contributed by atoms with Gasteiger partial charge < -0.3 is 9.64 Å². The molecule has 0 bridgehead atoms. The average Bonchev–Trinajstić information content (AvgIpc) is 2.89. The molecule has 1 saturated heterocycles. The van der Waals surface area contributed by atoms with E-state index in [9.17, 15) is 4.79 Å². The Labute approximate surface area is 131 Å². The summed E-state index contributed by atoms with van der Waals surface area (Å²) in [4.78, 5) is 14.2. The van der Waals surface area contributed by atoms with Crippen molar-refractivity contribution in [2.45, 2.75) is 32.5 Å². The third kappa shape index (κ3) is 3.71. The van der Waals surface area contributed by atoms with Gasteiger partial charge in [-0.1, -0.05) is 25.1 Å². The van der Waals surface area contributed by atoms with Gasteiger partial charge in [0.05, 0.1) is 13.7 Å². The maximum atomic E-state index is 12.2. The van der Waals surface area contributed by atoms with E-state index in [1.54, 1.807) is 7.11 Å². The number of rotatable bonds is 7. The first kappa shape index (κ1) is 16.2. The summed E-state index contributed by atoms with van der Waals surface area (Å²) in [6, 6.07) is 8.12. The van der Waals surface area contributed by atoms with Crippen LogP contribution in [-0.4, -0.2) is 42.0 Å². The largest absolute Gasteiger partial charge is 0.496 e. The molecule has 1 N–H and O–H groups in total. The number of methoxy groups -OCH3 is 1. The SMILES string of the molecule is CCSCCC(C)N1C(=O)CNC1c1ccccc1OC. The third-order valence-corrected chi connectivity index (χ3v) is 4.74. The van der Waals surface area contributed by atoms with Gasteiger partial charge in [0.25, 0.3) is 0 Å². The van der Waals surface area contributed by atoms with E-state index in [0.717, 1.165) is 29.2 Å². The zero-order chi connectivity index (χ0) is 15.2. The van der Waals surface area contributed by atoms with E-state index in [4.69, 9.17) is 4.74 Å². The van der Waals surface area contributed by atoms with Crippen LogP contribution in [0, 0.1) is 0 Å². The number of ether oxygens (including phenoxy) is 1. The molecule has 0 radical (unpaired) electrons. The molecule has 0 saturated carbocycles. The van der Waals surface area contributed by atoms with Crippen molar-refractivity contribution < 1.29 is 9.53 Å². The normalized spacial score (nSPS) is 19.9. The molecule has 0 aliphatic carbocycles. The van der Waals surface area contributed by atoms with Crippen LogP contribution < -0.4 is 10.1 Å². The summed E-state index contributed by atoms with van der Waals surface area (Å²) in [6.45, 7) is 4.69. The third-order valence-electron chi connectivity index (χ3n) is 3.81. The summed E-state index contributed by atoms with van der Waals surface area (Å²) in [7, 11) is 1.67. The van der Waals surface area contributed by atoms with Crippen LogP contribution in [0.4, 0.5) is 0 Å². The topological polar surface area (TPSA) is 41.6 Å². The van der Waals surface area contributed by atoms with Crippen molar-refractivity contribution >= 4 is 17.7 Å². The fourth-order valence-electron chi connectivity index (χ4n) is 2.71. The number of hydrogen-bond acceptors (Lipinski definition) is 4. The maximum absolute atomic E-state index is 12.2. The van der Waals surface area contributed by atoms with Gasteiger partial charge in [0.1, 0.15) is 11.9 Å². The van der Waals surface area contributed by atoms with Crippen LogP contribution >= 0.6 is 11.8 Å². The van der Waals surface area contributed by atoms with Crippen LogP contribution in [-0.2, 0) is 4.79 Å². The van der Waals surface area contributed by atoms with E-state index in [1.165, 1.54) is 0 Å².